The molecule has 1 saturated heterocycles. The minimum Gasteiger partial charge on any atom is -0.481 e. The Bertz CT molecular complexity index is 444. The fourth-order valence-corrected chi connectivity index (χ4v) is 2.41. The zero-order valence-corrected chi connectivity index (χ0v) is 11.9. The minimum absolute atomic E-state index is 0.177. The van der Waals surface area contributed by atoms with Crippen molar-refractivity contribution in [2.45, 2.75) is 13.0 Å². The van der Waals surface area contributed by atoms with Gasteiger partial charge in [-0.3, -0.25) is 4.79 Å². The monoisotopic (exact) mass is 278 g/mol. The maximum atomic E-state index is 10.6. The molecule has 1 heterocycles. The summed E-state index contributed by atoms with van der Waals surface area (Å²) < 4.78 is 5.39. The van der Waals surface area contributed by atoms with Crippen LogP contribution in [0.4, 0.5) is 5.69 Å². The molecule has 0 saturated carbocycles. The molecule has 5 nitrogen and oxygen atoms in total. The molecule has 2 rings (SSSR count). The van der Waals surface area contributed by atoms with E-state index >= 15 is 0 Å². The van der Waals surface area contributed by atoms with Gasteiger partial charge in [-0.2, -0.15) is 0 Å². The Morgan fingerprint density at radius 1 is 1.35 bits per heavy atom. The first kappa shape index (κ1) is 14.8. The summed E-state index contributed by atoms with van der Waals surface area (Å²) in [4.78, 5) is 15.0. The lowest BCUT2D eigenvalue weighted by Crippen LogP contribution is -2.37. The highest BCUT2D eigenvalue weighted by atomic mass is 16.5. The van der Waals surface area contributed by atoms with Crippen LogP contribution in [0, 0.1) is 0 Å². The molecule has 5 heteroatoms. The van der Waals surface area contributed by atoms with Crippen molar-refractivity contribution in [2.24, 2.45) is 0 Å². The highest BCUT2D eigenvalue weighted by molar-refractivity contribution is 5.66. The van der Waals surface area contributed by atoms with Crippen LogP contribution in [0.25, 0.3) is 0 Å². The Balaban J connectivity index is 2.01. The smallest absolute Gasteiger partial charge is 0.304 e. The standard InChI is InChI=1S/C15H22N2O3/c1-16(7-6-15(18)19)12-13-4-2-3-5-14(13)17-8-10-20-11-9-17/h2-5H,6-12H2,1H3,(H,18,19). The van der Waals surface area contributed by atoms with Crippen LogP contribution in [0.5, 0.6) is 0 Å². The molecule has 1 aliphatic heterocycles. The Labute approximate surface area is 119 Å². The third kappa shape index (κ3) is 4.21. The van der Waals surface area contributed by atoms with Crippen LogP contribution >= 0.6 is 0 Å². The van der Waals surface area contributed by atoms with Gasteiger partial charge in [-0.1, -0.05) is 18.2 Å². The fourth-order valence-electron chi connectivity index (χ4n) is 2.41. The van der Waals surface area contributed by atoms with E-state index in [1.807, 2.05) is 24.1 Å². The molecule has 1 fully saturated rings. The van der Waals surface area contributed by atoms with Crippen LogP contribution in [-0.4, -0.2) is 55.9 Å². The predicted molar refractivity (Wildman–Crippen MR) is 78.1 cm³/mol. The minimum atomic E-state index is -0.752. The molecule has 1 aromatic rings. The first-order chi connectivity index (χ1) is 9.66. The summed E-state index contributed by atoms with van der Waals surface area (Å²) in [7, 11) is 1.96. The molecule has 1 aliphatic rings. The number of carboxylic acid groups (broad SMARTS) is 1. The number of rotatable bonds is 6. The van der Waals surface area contributed by atoms with Crippen molar-refractivity contribution in [3.63, 3.8) is 0 Å². The van der Waals surface area contributed by atoms with E-state index in [0.717, 1.165) is 32.8 Å². The van der Waals surface area contributed by atoms with Crippen molar-refractivity contribution in [3.8, 4) is 0 Å². The number of para-hydroxylation sites is 1. The fraction of sp³-hybridized carbons (Fsp3) is 0.533. The van der Waals surface area contributed by atoms with E-state index in [0.29, 0.717) is 6.54 Å². The van der Waals surface area contributed by atoms with Gasteiger partial charge < -0.3 is 19.6 Å². The van der Waals surface area contributed by atoms with Gasteiger partial charge in [0.15, 0.2) is 0 Å². The Kier molecular flexibility index (Phi) is 5.38. The van der Waals surface area contributed by atoms with Gasteiger partial charge in [0.2, 0.25) is 0 Å². The maximum absolute atomic E-state index is 10.6. The van der Waals surface area contributed by atoms with Gasteiger partial charge in [0.25, 0.3) is 0 Å². The van der Waals surface area contributed by atoms with Gasteiger partial charge in [0.05, 0.1) is 19.6 Å². The predicted octanol–water partition coefficient (Wildman–Crippen LogP) is 1.43. The van der Waals surface area contributed by atoms with E-state index in [1.165, 1.54) is 11.3 Å². The summed E-state index contributed by atoms with van der Waals surface area (Å²) >= 11 is 0. The average molecular weight is 278 g/mol. The van der Waals surface area contributed by atoms with Crippen LogP contribution in [0.15, 0.2) is 24.3 Å². The highest BCUT2D eigenvalue weighted by Crippen LogP contribution is 2.22. The number of benzene rings is 1. The first-order valence-corrected chi connectivity index (χ1v) is 6.98. The number of carbonyl (C=O) groups is 1. The second kappa shape index (κ2) is 7.26. The van der Waals surface area contributed by atoms with Crippen molar-refractivity contribution < 1.29 is 14.6 Å². The number of morpholine rings is 1. The van der Waals surface area contributed by atoms with Gasteiger partial charge in [0, 0.05) is 31.9 Å². The number of nitrogens with zero attached hydrogens (tertiary/aromatic N) is 2. The van der Waals surface area contributed by atoms with Crippen molar-refractivity contribution in [3.05, 3.63) is 29.8 Å². The highest BCUT2D eigenvalue weighted by Gasteiger charge is 2.15. The number of anilines is 1. The first-order valence-electron chi connectivity index (χ1n) is 6.98. The van der Waals surface area contributed by atoms with Crippen molar-refractivity contribution in [2.75, 3.05) is 44.8 Å². The largest absolute Gasteiger partial charge is 0.481 e. The molecule has 0 atom stereocenters. The molecule has 0 aromatic heterocycles. The third-order valence-electron chi connectivity index (χ3n) is 3.49. The molecule has 0 radical (unpaired) electrons. The molecule has 0 unspecified atom stereocenters. The molecule has 0 spiro atoms. The lowest BCUT2D eigenvalue weighted by molar-refractivity contribution is -0.137. The number of aliphatic carboxylic acids is 1. The Morgan fingerprint density at radius 2 is 2.05 bits per heavy atom. The quantitative estimate of drug-likeness (QED) is 0.853. The Morgan fingerprint density at radius 3 is 2.75 bits per heavy atom. The summed E-state index contributed by atoms with van der Waals surface area (Å²) in [5, 5.41) is 8.74. The van der Waals surface area contributed by atoms with Gasteiger partial charge in [-0.25, -0.2) is 0 Å². The van der Waals surface area contributed by atoms with Crippen LogP contribution < -0.4 is 4.90 Å². The van der Waals surface area contributed by atoms with E-state index in [-0.39, 0.29) is 6.42 Å². The number of ether oxygens (including phenoxy) is 1. The summed E-state index contributed by atoms with van der Waals surface area (Å²) in [6.45, 7) is 4.69. The van der Waals surface area contributed by atoms with Crippen LogP contribution in [0.1, 0.15) is 12.0 Å². The number of hydrogen-bond acceptors (Lipinski definition) is 4. The summed E-state index contributed by atoms with van der Waals surface area (Å²) in [6, 6.07) is 8.32. The molecule has 20 heavy (non-hydrogen) atoms. The maximum Gasteiger partial charge on any atom is 0.304 e. The van der Waals surface area contributed by atoms with Gasteiger partial charge in [-0.05, 0) is 18.7 Å². The zero-order chi connectivity index (χ0) is 14.4. The molecule has 0 aliphatic carbocycles. The van der Waals surface area contributed by atoms with Crippen LogP contribution in [0.3, 0.4) is 0 Å². The van der Waals surface area contributed by atoms with E-state index in [1.54, 1.807) is 0 Å². The van der Waals surface area contributed by atoms with E-state index < -0.39 is 5.97 Å². The van der Waals surface area contributed by atoms with E-state index in [2.05, 4.69) is 17.0 Å². The van der Waals surface area contributed by atoms with Gasteiger partial charge >= 0.3 is 5.97 Å². The topological polar surface area (TPSA) is 53.0 Å². The molecular formula is C15H22N2O3. The van der Waals surface area contributed by atoms with E-state index in [9.17, 15) is 4.79 Å². The SMILES string of the molecule is CN(CCC(=O)O)Cc1ccccc1N1CCOCC1. The summed E-state index contributed by atoms with van der Waals surface area (Å²) in [6.07, 6.45) is 0.177. The normalized spacial score (nSPS) is 15.6. The Hall–Kier alpha value is -1.59. The lowest BCUT2D eigenvalue weighted by Gasteiger charge is -2.31. The molecule has 0 bridgehead atoms. The van der Waals surface area contributed by atoms with E-state index in [4.69, 9.17) is 9.84 Å². The van der Waals surface area contributed by atoms with Gasteiger partial charge in [0.1, 0.15) is 0 Å². The van der Waals surface area contributed by atoms with Crippen molar-refractivity contribution in [1.82, 2.24) is 4.90 Å². The summed E-state index contributed by atoms with van der Waals surface area (Å²) in [5.41, 5.74) is 2.47. The van der Waals surface area contributed by atoms with Crippen LogP contribution in [-0.2, 0) is 16.1 Å². The lowest BCUT2D eigenvalue weighted by atomic mass is 10.1. The number of carboxylic acids is 1. The van der Waals surface area contributed by atoms with Crippen LogP contribution in [0.2, 0.25) is 0 Å². The molecule has 110 valence electrons. The molecule has 1 aromatic carbocycles. The summed E-state index contributed by atoms with van der Waals surface area (Å²) in [5.74, 6) is -0.752. The van der Waals surface area contributed by atoms with Gasteiger partial charge in [-0.15, -0.1) is 0 Å². The molecular weight excluding hydrogens is 256 g/mol. The van der Waals surface area contributed by atoms with Crippen molar-refractivity contribution >= 4 is 11.7 Å². The number of hydrogen-bond donors (Lipinski definition) is 1. The molecule has 0 amide bonds. The molecule has 1 N–H and O–H groups in total. The third-order valence-corrected chi connectivity index (χ3v) is 3.49. The average Bonchev–Trinajstić information content (AvgIpc) is 2.47. The second-order valence-electron chi connectivity index (χ2n) is 5.11. The zero-order valence-electron chi connectivity index (χ0n) is 11.9. The second-order valence-corrected chi connectivity index (χ2v) is 5.11. The van der Waals surface area contributed by atoms with Crippen molar-refractivity contribution in [1.29, 1.82) is 0 Å².